The highest BCUT2D eigenvalue weighted by Gasteiger charge is 2.32. The molecule has 1 aliphatic rings. The maximum Gasteiger partial charge on any atom is 0.122 e. The van der Waals surface area contributed by atoms with Gasteiger partial charge in [0.25, 0.3) is 0 Å². The predicted octanol–water partition coefficient (Wildman–Crippen LogP) is 6.35. The van der Waals surface area contributed by atoms with E-state index < -0.39 is 8.80 Å². The fraction of sp³-hybridized carbons (Fsp3) is 0.241. The molecule has 0 amide bonds. The van der Waals surface area contributed by atoms with Crippen LogP contribution in [0.5, 0.6) is 0 Å². The monoisotopic (exact) mass is 407 g/mol. The average Bonchev–Trinajstić information content (AvgIpc) is 2.96. The molecule has 3 aromatic carbocycles. The molecule has 1 radical (unpaired) electrons. The Morgan fingerprint density at radius 3 is 1.73 bits per heavy atom. The molecule has 0 spiro atoms. The molecule has 0 nitrogen and oxygen atoms in total. The van der Waals surface area contributed by atoms with Crippen molar-refractivity contribution in [3.63, 3.8) is 0 Å². The third-order valence-electron chi connectivity index (χ3n) is 6.66. The molecule has 1 aliphatic carbocycles. The van der Waals surface area contributed by atoms with E-state index in [0.29, 0.717) is 5.92 Å². The summed E-state index contributed by atoms with van der Waals surface area (Å²) in [6.45, 7) is 11.4. The smallest absolute Gasteiger partial charge is 0.0629 e. The first-order chi connectivity index (χ1) is 14.5. The molecule has 0 aliphatic heterocycles. The van der Waals surface area contributed by atoms with Gasteiger partial charge in [0.1, 0.15) is 8.80 Å². The second-order valence-electron chi connectivity index (χ2n) is 8.69. The van der Waals surface area contributed by atoms with Crippen LogP contribution in [0.3, 0.4) is 0 Å². The van der Waals surface area contributed by atoms with Crippen LogP contribution in [0.1, 0.15) is 37.5 Å². The van der Waals surface area contributed by atoms with E-state index >= 15 is 0 Å². The van der Waals surface area contributed by atoms with E-state index in [2.05, 4.69) is 113 Å². The lowest BCUT2D eigenvalue weighted by molar-refractivity contribution is 0.884. The van der Waals surface area contributed by atoms with Crippen molar-refractivity contribution < 1.29 is 0 Å². The molecule has 0 bridgehead atoms. The molecule has 1 unspecified atom stereocenters. The van der Waals surface area contributed by atoms with Gasteiger partial charge in [0, 0.05) is 5.92 Å². The first-order valence-electron chi connectivity index (χ1n) is 10.9. The summed E-state index contributed by atoms with van der Waals surface area (Å²) in [6, 6.07) is 30.6. The minimum atomic E-state index is -0.914. The highest BCUT2D eigenvalue weighted by molar-refractivity contribution is 6.85. The molecule has 0 saturated carbocycles. The van der Waals surface area contributed by atoms with Gasteiger partial charge in [-0.3, -0.25) is 0 Å². The fourth-order valence-corrected chi connectivity index (χ4v) is 7.92. The van der Waals surface area contributed by atoms with Gasteiger partial charge in [-0.15, -0.1) is 0 Å². The molecule has 4 rings (SSSR count). The van der Waals surface area contributed by atoms with Crippen LogP contribution in [0.4, 0.5) is 0 Å². The van der Waals surface area contributed by atoms with Crippen molar-refractivity contribution in [2.75, 3.05) is 0 Å². The van der Waals surface area contributed by atoms with Gasteiger partial charge < -0.3 is 0 Å². The third-order valence-corrected chi connectivity index (χ3v) is 9.49. The van der Waals surface area contributed by atoms with Gasteiger partial charge in [0.15, 0.2) is 0 Å². The zero-order valence-electron chi connectivity index (χ0n) is 18.8. The summed E-state index contributed by atoms with van der Waals surface area (Å²) in [5, 5.41) is 3.04. The Labute approximate surface area is 183 Å². The Hall–Kier alpha value is -2.64. The quantitative estimate of drug-likeness (QED) is 0.432. The van der Waals surface area contributed by atoms with Crippen LogP contribution in [0.2, 0.25) is 6.04 Å². The van der Waals surface area contributed by atoms with Gasteiger partial charge in [-0.2, -0.15) is 0 Å². The van der Waals surface area contributed by atoms with E-state index in [9.17, 15) is 0 Å². The average molecular weight is 408 g/mol. The van der Waals surface area contributed by atoms with E-state index in [1.54, 1.807) is 5.57 Å². The highest BCUT2D eigenvalue weighted by Crippen LogP contribution is 2.44. The summed E-state index contributed by atoms with van der Waals surface area (Å²) in [4.78, 5) is 0. The van der Waals surface area contributed by atoms with Crippen LogP contribution in [0.15, 0.2) is 95.6 Å². The van der Waals surface area contributed by atoms with Crippen LogP contribution in [-0.4, -0.2) is 8.80 Å². The minimum absolute atomic E-state index is 0.488. The number of benzene rings is 3. The maximum absolute atomic E-state index is 2.41. The van der Waals surface area contributed by atoms with Crippen molar-refractivity contribution in [3.8, 4) is 0 Å². The highest BCUT2D eigenvalue weighted by atomic mass is 28.3. The van der Waals surface area contributed by atoms with Crippen LogP contribution >= 0.6 is 0 Å². The normalized spacial score (nSPS) is 16.7. The SMILES string of the molecule is CC1=C(C)C(C[Si](c2cccc(C)c2)c2cccc(C)c2)C(c2ccccc2)=C1C. The summed E-state index contributed by atoms with van der Waals surface area (Å²) in [5.74, 6) is 0.488. The van der Waals surface area contributed by atoms with Crippen molar-refractivity contribution in [2.24, 2.45) is 5.92 Å². The Morgan fingerprint density at radius 2 is 1.20 bits per heavy atom. The van der Waals surface area contributed by atoms with Crippen molar-refractivity contribution in [3.05, 3.63) is 112 Å². The van der Waals surface area contributed by atoms with Gasteiger partial charge in [0.05, 0.1) is 0 Å². The standard InChI is InChI=1S/C29H31Si/c1-20-11-9-15-26(17-20)30(27-16-10-12-21(2)18-27)19-28-23(4)22(3)24(5)29(28)25-13-7-6-8-14-25/h6-18,28H,19H2,1-5H3. The Kier molecular flexibility index (Phi) is 5.92. The van der Waals surface area contributed by atoms with Gasteiger partial charge in [0.2, 0.25) is 0 Å². The zero-order chi connectivity index (χ0) is 21.3. The molecule has 0 aromatic heterocycles. The molecular formula is C29H31Si. The van der Waals surface area contributed by atoms with Gasteiger partial charge in [-0.25, -0.2) is 0 Å². The Bertz CT molecular complexity index is 1070. The fourth-order valence-electron chi connectivity index (χ4n) is 4.80. The topological polar surface area (TPSA) is 0 Å². The third kappa shape index (κ3) is 4.00. The van der Waals surface area contributed by atoms with Crippen molar-refractivity contribution in [1.82, 2.24) is 0 Å². The summed E-state index contributed by atoms with van der Waals surface area (Å²) in [5.41, 5.74) is 10.1. The summed E-state index contributed by atoms with van der Waals surface area (Å²) in [7, 11) is -0.914. The Morgan fingerprint density at radius 1 is 0.633 bits per heavy atom. The first kappa shape index (κ1) is 20.6. The van der Waals surface area contributed by atoms with Crippen LogP contribution in [0.25, 0.3) is 5.57 Å². The lowest BCUT2D eigenvalue weighted by Gasteiger charge is -2.25. The van der Waals surface area contributed by atoms with E-state index in [-0.39, 0.29) is 0 Å². The van der Waals surface area contributed by atoms with Gasteiger partial charge in [-0.1, -0.05) is 106 Å². The van der Waals surface area contributed by atoms with Crippen LogP contribution in [0, 0.1) is 19.8 Å². The van der Waals surface area contributed by atoms with E-state index in [1.807, 2.05) is 0 Å². The van der Waals surface area contributed by atoms with Crippen LogP contribution in [-0.2, 0) is 0 Å². The van der Waals surface area contributed by atoms with E-state index in [1.165, 1.54) is 49.8 Å². The molecule has 3 aromatic rings. The predicted molar refractivity (Wildman–Crippen MR) is 133 cm³/mol. The molecule has 151 valence electrons. The maximum atomic E-state index is 2.41. The molecule has 0 saturated heterocycles. The summed E-state index contributed by atoms with van der Waals surface area (Å²) < 4.78 is 0. The van der Waals surface area contributed by atoms with Crippen molar-refractivity contribution in [1.29, 1.82) is 0 Å². The second kappa shape index (κ2) is 8.61. The van der Waals surface area contributed by atoms with Crippen molar-refractivity contribution >= 4 is 24.7 Å². The Balaban J connectivity index is 1.80. The number of aryl methyl sites for hydroxylation is 2. The first-order valence-corrected chi connectivity index (χ1v) is 12.6. The van der Waals surface area contributed by atoms with Crippen LogP contribution < -0.4 is 10.4 Å². The molecule has 1 atom stereocenters. The zero-order valence-corrected chi connectivity index (χ0v) is 19.8. The molecular weight excluding hydrogens is 376 g/mol. The van der Waals surface area contributed by atoms with Gasteiger partial charge in [-0.05, 0) is 62.9 Å². The molecule has 0 heterocycles. The number of rotatable bonds is 5. The molecule has 0 N–H and O–H groups in total. The summed E-state index contributed by atoms with van der Waals surface area (Å²) in [6.07, 6.45) is 0. The molecule has 30 heavy (non-hydrogen) atoms. The van der Waals surface area contributed by atoms with E-state index in [0.717, 1.165) is 0 Å². The molecule has 1 heteroatoms. The largest absolute Gasteiger partial charge is 0.122 e. The summed E-state index contributed by atoms with van der Waals surface area (Å²) >= 11 is 0. The number of hydrogen-bond acceptors (Lipinski definition) is 0. The van der Waals surface area contributed by atoms with Crippen molar-refractivity contribution in [2.45, 2.75) is 40.7 Å². The lowest BCUT2D eigenvalue weighted by Crippen LogP contribution is -2.43. The second-order valence-corrected chi connectivity index (χ2v) is 11.2. The molecule has 0 fully saturated rings. The lowest BCUT2D eigenvalue weighted by atomic mass is 9.91. The minimum Gasteiger partial charge on any atom is -0.0629 e. The van der Waals surface area contributed by atoms with E-state index in [4.69, 9.17) is 0 Å². The number of allylic oxidation sites excluding steroid dienone is 4. The number of hydrogen-bond donors (Lipinski definition) is 0. The van der Waals surface area contributed by atoms with Gasteiger partial charge >= 0.3 is 0 Å².